The van der Waals surface area contributed by atoms with E-state index in [1.807, 2.05) is 0 Å². The van der Waals surface area contributed by atoms with E-state index in [9.17, 15) is 24.2 Å². The monoisotopic (exact) mass is 371 g/mol. The predicted octanol–water partition coefficient (Wildman–Crippen LogP) is 1.47. The van der Waals surface area contributed by atoms with Crippen molar-refractivity contribution in [2.24, 2.45) is 0 Å². The van der Waals surface area contributed by atoms with Gasteiger partial charge in [-0.3, -0.25) is 14.6 Å². The molecule has 0 saturated heterocycles. The molecule has 3 rings (SSSR count). The van der Waals surface area contributed by atoms with Gasteiger partial charge in [0.2, 0.25) is 0 Å². The standard InChI is InChI=1S/C19H18FN3O4/c1-10(24)8-22-18(26)15-17(25)16-14(23-19(15)27)7-12(9-21-16)6-11-2-4-13(20)5-3-11/h2-5,7,9-10,24H,6,8H2,1H3,(H,22,26)(H2,23,25,27). The highest BCUT2D eigenvalue weighted by molar-refractivity contribution is 6.01. The minimum absolute atomic E-state index is 0.0558. The van der Waals surface area contributed by atoms with Gasteiger partial charge < -0.3 is 20.5 Å². The van der Waals surface area contributed by atoms with Crippen LogP contribution in [0.4, 0.5) is 4.39 Å². The lowest BCUT2D eigenvalue weighted by Gasteiger charge is -2.10. The fourth-order valence-corrected chi connectivity index (χ4v) is 2.68. The molecule has 0 aliphatic heterocycles. The number of rotatable bonds is 5. The van der Waals surface area contributed by atoms with E-state index < -0.39 is 28.9 Å². The van der Waals surface area contributed by atoms with Crippen molar-refractivity contribution in [2.45, 2.75) is 19.4 Å². The van der Waals surface area contributed by atoms with E-state index in [2.05, 4.69) is 15.3 Å². The third kappa shape index (κ3) is 4.12. The number of amides is 1. The van der Waals surface area contributed by atoms with Gasteiger partial charge in [-0.25, -0.2) is 4.39 Å². The van der Waals surface area contributed by atoms with Crippen molar-refractivity contribution in [3.05, 3.63) is 69.4 Å². The number of H-pyrrole nitrogens is 1. The fraction of sp³-hybridized carbons (Fsp3) is 0.211. The second-order valence-electron chi connectivity index (χ2n) is 6.28. The molecule has 1 atom stereocenters. The number of pyridine rings is 2. The average molecular weight is 371 g/mol. The summed E-state index contributed by atoms with van der Waals surface area (Å²) in [6.07, 6.45) is 1.19. The van der Waals surface area contributed by atoms with E-state index in [0.29, 0.717) is 6.42 Å². The van der Waals surface area contributed by atoms with Crippen molar-refractivity contribution in [1.29, 1.82) is 0 Å². The Morgan fingerprint density at radius 2 is 2.00 bits per heavy atom. The van der Waals surface area contributed by atoms with Gasteiger partial charge >= 0.3 is 0 Å². The van der Waals surface area contributed by atoms with Crippen LogP contribution in [0.1, 0.15) is 28.4 Å². The Balaban J connectivity index is 1.94. The lowest BCUT2D eigenvalue weighted by Crippen LogP contribution is -2.34. The molecule has 0 fully saturated rings. The summed E-state index contributed by atoms with van der Waals surface area (Å²) in [7, 11) is 0. The molecule has 2 aromatic heterocycles. The Morgan fingerprint density at radius 3 is 2.67 bits per heavy atom. The van der Waals surface area contributed by atoms with Crippen LogP contribution in [0.25, 0.3) is 11.0 Å². The summed E-state index contributed by atoms with van der Waals surface area (Å²) in [5, 5.41) is 21.9. The Morgan fingerprint density at radius 1 is 1.30 bits per heavy atom. The third-order valence-corrected chi connectivity index (χ3v) is 3.99. The van der Waals surface area contributed by atoms with Crippen LogP contribution in [-0.4, -0.2) is 38.7 Å². The number of nitrogens with one attached hydrogen (secondary N) is 2. The smallest absolute Gasteiger partial charge is 0.265 e. The summed E-state index contributed by atoms with van der Waals surface area (Å²) >= 11 is 0. The molecule has 0 bridgehead atoms. The molecule has 1 aromatic carbocycles. The lowest BCUT2D eigenvalue weighted by atomic mass is 10.1. The average Bonchev–Trinajstić information content (AvgIpc) is 2.61. The zero-order valence-corrected chi connectivity index (χ0v) is 14.5. The van der Waals surface area contributed by atoms with Crippen LogP contribution in [0.15, 0.2) is 41.3 Å². The number of hydrogen-bond acceptors (Lipinski definition) is 5. The number of aliphatic hydroxyl groups excluding tert-OH is 1. The summed E-state index contributed by atoms with van der Waals surface area (Å²) in [5.41, 5.74) is 0.753. The minimum atomic E-state index is -0.797. The van der Waals surface area contributed by atoms with Crippen molar-refractivity contribution in [2.75, 3.05) is 6.54 Å². The van der Waals surface area contributed by atoms with Crippen molar-refractivity contribution < 1.29 is 19.4 Å². The molecule has 140 valence electrons. The molecule has 0 aliphatic carbocycles. The zero-order valence-electron chi connectivity index (χ0n) is 14.5. The molecule has 8 heteroatoms. The van der Waals surface area contributed by atoms with Crippen molar-refractivity contribution >= 4 is 16.9 Å². The van der Waals surface area contributed by atoms with Gasteiger partial charge in [0, 0.05) is 12.7 Å². The molecule has 0 saturated carbocycles. The lowest BCUT2D eigenvalue weighted by molar-refractivity contribution is 0.0920. The number of carbonyl (C=O) groups excluding carboxylic acids is 1. The van der Waals surface area contributed by atoms with E-state index in [1.54, 1.807) is 18.2 Å². The van der Waals surface area contributed by atoms with E-state index in [1.165, 1.54) is 25.3 Å². The number of aromatic hydroxyl groups is 1. The Bertz CT molecular complexity index is 1050. The van der Waals surface area contributed by atoms with Crippen LogP contribution < -0.4 is 10.9 Å². The zero-order chi connectivity index (χ0) is 19.6. The second-order valence-corrected chi connectivity index (χ2v) is 6.28. The van der Waals surface area contributed by atoms with E-state index >= 15 is 0 Å². The van der Waals surface area contributed by atoms with Crippen LogP contribution in [0.3, 0.4) is 0 Å². The Kier molecular flexibility index (Phi) is 5.18. The molecule has 0 aliphatic rings. The first-order valence-corrected chi connectivity index (χ1v) is 8.29. The predicted molar refractivity (Wildman–Crippen MR) is 97.2 cm³/mol. The van der Waals surface area contributed by atoms with Crippen molar-refractivity contribution in [3.63, 3.8) is 0 Å². The molecule has 1 unspecified atom stereocenters. The highest BCUT2D eigenvalue weighted by Gasteiger charge is 2.20. The molecule has 3 aromatic rings. The van der Waals surface area contributed by atoms with E-state index in [0.717, 1.165) is 11.1 Å². The van der Waals surface area contributed by atoms with Gasteiger partial charge in [0.15, 0.2) is 5.75 Å². The molecular weight excluding hydrogens is 353 g/mol. The van der Waals surface area contributed by atoms with Crippen LogP contribution in [0.2, 0.25) is 0 Å². The van der Waals surface area contributed by atoms with E-state index in [-0.39, 0.29) is 23.4 Å². The molecule has 1 amide bonds. The topological polar surface area (TPSA) is 115 Å². The molecule has 27 heavy (non-hydrogen) atoms. The molecule has 7 nitrogen and oxygen atoms in total. The first-order valence-electron chi connectivity index (χ1n) is 8.29. The van der Waals surface area contributed by atoms with Gasteiger partial charge in [-0.2, -0.15) is 0 Å². The number of halogens is 1. The van der Waals surface area contributed by atoms with Crippen LogP contribution >= 0.6 is 0 Å². The molecular formula is C19H18FN3O4. The number of aromatic amines is 1. The van der Waals surface area contributed by atoms with Gasteiger partial charge in [0.1, 0.15) is 16.9 Å². The third-order valence-electron chi connectivity index (χ3n) is 3.99. The minimum Gasteiger partial charge on any atom is -0.505 e. The SMILES string of the molecule is CC(O)CNC(=O)c1c(O)c2ncc(Cc3ccc(F)cc3)cc2[nH]c1=O. The maximum Gasteiger partial charge on any atom is 0.265 e. The summed E-state index contributed by atoms with van der Waals surface area (Å²) in [5.74, 6) is -1.65. The summed E-state index contributed by atoms with van der Waals surface area (Å²) in [4.78, 5) is 31.0. The number of benzene rings is 1. The number of nitrogens with zero attached hydrogens (tertiary/aromatic N) is 1. The summed E-state index contributed by atoms with van der Waals surface area (Å²) < 4.78 is 13.0. The van der Waals surface area contributed by atoms with Crippen LogP contribution in [0, 0.1) is 5.82 Å². The fourth-order valence-electron chi connectivity index (χ4n) is 2.68. The number of fused-ring (bicyclic) bond motifs is 1. The van der Waals surface area contributed by atoms with E-state index in [4.69, 9.17) is 0 Å². The number of hydrogen-bond donors (Lipinski definition) is 4. The van der Waals surface area contributed by atoms with Crippen LogP contribution in [-0.2, 0) is 6.42 Å². The quantitative estimate of drug-likeness (QED) is 0.542. The molecule has 2 heterocycles. The Hall–Kier alpha value is -3.26. The normalized spacial score (nSPS) is 12.1. The van der Waals surface area contributed by atoms with Gasteiger partial charge in [-0.15, -0.1) is 0 Å². The second kappa shape index (κ2) is 7.55. The maximum absolute atomic E-state index is 13.0. The highest BCUT2D eigenvalue weighted by Crippen LogP contribution is 2.24. The van der Waals surface area contributed by atoms with Gasteiger partial charge in [-0.05, 0) is 42.7 Å². The molecule has 0 spiro atoms. The maximum atomic E-state index is 13.0. The number of aromatic nitrogens is 2. The van der Waals surface area contributed by atoms with Crippen molar-refractivity contribution in [1.82, 2.24) is 15.3 Å². The highest BCUT2D eigenvalue weighted by atomic mass is 19.1. The largest absolute Gasteiger partial charge is 0.505 e. The molecule has 0 radical (unpaired) electrons. The Labute approximate surface area is 153 Å². The first kappa shape index (κ1) is 18.5. The van der Waals surface area contributed by atoms with Gasteiger partial charge in [0.05, 0.1) is 11.6 Å². The number of aliphatic hydroxyl groups is 1. The van der Waals surface area contributed by atoms with Crippen molar-refractivity contribution in [3.8, 4) is 5.75 Å². The summed E-state index contributed by atoms with van der Waals surface area (Å²) in [6, 6.07) is 7.65. The first-order chi connectivity index (χ1) is 12.8. The van der Waals surface area contributed by atoms with Gasteiger partial charge in [-0.1, -0.05) is 12.1 Å². The molecule has 4 N–H and O–H groups in total. The summed E-state index contributed by atoms with van der Waals surface area (Å²) in [6.45, 7) is 1.43. The van der Waals surface area contributed by atoms with Crippen LogP contribution in [0.5, 0.6) is 5.75 Å². The van der Waals surface area contributed by atoms with Gasteiger partial charge in [0.25, 0.3) is 11.5 Å². The number of carbonyl (C=O) groups is 1.